The predicted molar refractivity (Wildman–Crippen MR) is 117 cm³/mol. The highest BCUT2D eigenvalue weighted by molar-refractivity contribution is 6.35. The Labute approximate surface area is 185 Å². The van der Waals surface area contributed by atoms with E-state index >= 15 is 0 Å². The lowest BCUT2D eigenvalue weighted by molar-refractivity contribution is -0.384. The second-order valence-electron chi connectivity index (χ2n) is 7.67. The van der Waals surface area contributed by atoms with Crippen molar-refractivity contribution in [1.29, 1.82) is 0 Å². The Kier molecular flexibility index (Phi) is 6.11. The Hall–Kier alpha value is -3.82. The molecule has 0 radical (unpaired) electrons. The number of imide groups is 1. The summed E-state index contributed by atoms with van der Waals surface area (Å²) in [4.78, 5) is 50.9. The summed E-state index contributed by atoms with van der Waals surface area (Å²) in [7, 11) is 0. The van der Waals surface area contributed by atoms with Crippen molar-refractivity contribution < 1.29 is 14.5 Å². The number of amides is 2. The summed E-state index contributed by atoms with van der Waals surface area (Å²) in [5, 5.41) is 11.0. The first-order chi connectivity index (χ1) is 15.5. The molecule has 0 N–H and O–H groups in total. The summed E-state index contributed by atoms with van der Waals surface area (Å²) in [6.45, 7) is 4.64. The molecular weight excluding hydrogens is 412 g/mol. The Morgan fingerprint density at radius 1 is 0.969 bits per heavy atom. The highest BCUT2D eigenvalue weighted by Crippen LogP contribution is 2.33. The molecule has 1 saturated heterocycles. The third-order valence-electron chi connectivity index (χ3n) is 5.68. The third-order valence-corrected chi connectivity index (χ3v) is 5.68. The number of benzene rings is 1. The molecule has 3 heterocycles. The van der Waals surface area contributed by atoms with E-state index in [1.807, 2.05) is 16.7 Å². The van der Waals surface area contributed by atoms with Gasteiger partial charge in [0.2, 0.25) is 5.95 Å². The third kappa shape index (κ3) is 4.03. The number of nitro benzene ring substituents is 1. The van der Waals surface area contributed by atoms with Crippen molar-refractivity contribution >= 4 is 29.0 Å². The average Bonchev–Trinajstić information content (AvgIpc) is 3.07. The van der Waals surface area contributed by atoms with E-state index in [9.17, 15) is 19.7 Å². The van der Waals surface area contributed by atoms with Gasteiger partial charge in [-0.1, -0.05) is 13.3 Å². The van der Waals surface area contributed by atoms with Gasteiger partial charge in [0.05, 0.1) is 10.5 Å². The fourth-order valence-corrected chi connectivity index (χ4v) is 3.97. The van der Waals surface area contributed by atoms with E-state index in [1.165, 1.54) is 29.2 Å². The Balaban J connectivity index is 1.64. The molecule has 0 saturated carbocycles. The molecule has 0 unspecified atom stereocenters. The molecule has 10 heteroatoms. The van der Waals surface area contributed by atoms with Crippen LogP contribution in [0, 0.1) is 10.1 Å². The van der Waals surface area contributed by atoms with Gasteiger partial charge in [0.25, 0.3) is 17.5 Å². The van der Waals surface area contributed by atoms with Crippen molar-refractivity contribution in [1.82, 2.24) is 19.8 Å². The SMILES string of the molecule is CCCCN1C(=O)C(c2ccc([N+](=O)[O-])cc2)=C(N2CCN(c3ncccn3)CC2)C1=O. The van der Waals surface area contributed by atoms with E-state index < -0.39 is 4.92 Å². The Morgan fingerprint density at radius 3 is 2.19 bits per heavy atom. The van der Waals surface area contributed by atoms with Crippen molar-refractivity contribution in [2.75, 3.05) is 37.6 Å². The molecule has 166 valence electrons. The van der Waals surface area contributed by atoms with E-state index in [0.717, 1.165) is 12.8 Å². The van der Waals surface area contributed by atoms with Gasteiger partial charge in [0.1, 0.15) is 5.70 Å². The molecule has 0 bridgehead atoms. The van der Waals surface area contributed by atoms with Crippen LogP contribution < -0.4 is 4.90 Å². The summed E-state index contributed by atoms with van der Waals surface area (Å²) in [5.41, 5.74) is 1.13. The van der Waals surface area contributed by atoms with Crippen LogP contribution in [0.1, 0.15) is 25.3 Å². The molecular formula is C22H24N6O4. The van der Waals surface area contributed by atoms with Crippen LogP contribution in [-0.4, -0.2) is 69.2 Å². The number of nitro groups is 1. The van der Waals surface area contributed by atoms with Crippen LogP contribution >= 0.6 is 0 Å². The number of hydrogen-bond acceptors (Lipinski definition) is 8. The summed E-state index contributed by atoms with van der Waals surface area (Å²) < 4.78 is 0. The molecule has 1 aromatic heterocycles. The second-order valence-corrected chi connectivity index (χ2v) is 7.67. The van der Waals surface area contributed by atoms with Crippen molar-refractivity contribution in [2.45, 2.75) is 19.8 Å². The molecule has 0 aliphatic carbocycles. The lowest BCUT2D eigenvalue weighted by atomic mass is 10.0. The zero-order chi connectivity index (χ0) is 22.7. The van der Waals surface area contributed by atoms with Gasteiger partial charge in [-0.3, -0.25) is 24.6 Å². The smallest absolute Gasteiger partial charge is 0.277 e. The lowest BCUT2D eigenvalue weighted by Crippen LogP contribution is -2.48. The summed E-state index contributed by atoms with van der Waals surface area (Å²) in [5.74, 6) is -0.0162. The van der Waals surface area contributed by atoms with Crippen LogP contribution in [0.5, 0.6) is 0 Å². The highest BCUT2D eigenvalue weighted by Gasteiger charge is 2.42. The lowest BCUT2D eigenvalue weighted by Gasteiger charge is -2.36. The zero-order valence-corrected chi connectivity index (χ0v) is 17.8. The van der Waals surface area contributed by atoms with Crippen LogP contribution in [0.4, 0.5) is 11.6 Å². The molecule has 10 nitrogen and oxygen atoms in total. The van der Waals surface area contributed by atoms with Crippen molar-refractivity contribution in [3.05, 3.63) is 64.1 Å². The molecule has 1 fully saturated rings. The van der Waals surface area contributed by atoms with E-state index in [-0.39, 0.29) is 17.5 Å². The molecule has 32 heavy (non-hydrogen) atoms. The molecule has 2 aliphatic rings. The fraction of sp³-hybridized carbons (Fsp3) is 0.364. The number of carbonyl (C=O) groups excluding carboxylic acids is 2. The number of non-ortho nitro benzene ring substituents is 1. The van der Waals surface area contributed by atoms with Crippen LogP contribution in [0.2, 0.25) is 0 Å². The number of nitrogens with zero attached hydrogens (tertiary/aromatic N) is 6. The normalized spacial score (nSPS) is 16.8. The van der Waals surface area contributed by atoms with Crippen molar-refractivity contribution in [3.8, 4) is 0 Å². The molecule has 4 rings (SSSR count). The Bertz CT molecular complexity index is 1050. The number of piperazine rings is 1. The van der Waals surface area contributed by atoms with Gasteiger partial charge in [-0.2, -0.15) is 0 Å². The minimum atomic E-state index is -0.487. The number of carbonyl (C=O) groups is 2. The maximum absolute atomic E-state index is 13.3. The summed E-state index contributed by atoms with van der Waals surface area (Å²) in [6.07, 6.45) is 4.95. The van der Waals surface area contributed by atoms with E-state index in [0.29, 0.717) is 55.5 Å². The monoisotopic (exact) mass is 436 g/mol. The van der Waals surface area contributed by atoms with Gasteiger partial charge < -0.3 is 9.80 Å². The van der Waals surface area contributed by atoms with Crippen LogP contribution in [0.3, 0.4) is 0 Å². The second kappa shape index (κ2) is 9.13. The Morgan fingerprint density at radius 2 is 1.59 bits per heavy atom. The highest BCUT2D eigenvalue weighted by atomic mass is 16.6. The number of rotatable bonds is 7. The van der Waals surface area contributed by atoms with Gasteiger partial charge >= 0.3 is 0 Å². The topological polar surface area (TPSA) is 113 Å². The largest absolute Gasteiger partial charge is 0.363 e. The first-order valence-corrected chi connectivity index (χ1v) is 10.6. The summed E-state index contributed by atoms with van der Waals surface area (Å²) >= 11 is 0. The summed E-state index contributed by atoms with van der Waals surface area (Å²) in [6, 6.07) is 7.55. The first kappa shape index (κ1) is 21.4. The van der Waals surface area contributed by atoms with Crippen LogP contribution in [0.15, 0.2) is 48.4 Å². The number of hydrogen-bond donors (Lipinski definition) is 0. The molecule has 2 amide bonds. The number of anilines is 1. The van der Waals surface area contributed by atoms with Gasteiger partial charge in [0, 0.05) is 57.3 Å². The molecule has 0 atom stereocenters. The molecule has 2 aliphatic heterocycles. The zero-order valence-electron chi connectivity index (χ0n) is 17.8. The van der Waals surface area contributed by atoms with Crippen LogP contribution in [0.25, 0.3) is 5.57 Å². The fourth-order valence-electron chi connectivity index (χ4n) is 3.97. The maximum atomic E-state index is 13.3. The quantitative estimate of drug-likeness (QED) is 0.368. The van der Waals surface area contributed by atoms with Gasteiger partial charge in [-0.15, -0.1) is 0 Å². The number of unbranched alkanes of at least 4 members (excludes halogenated alkanes) is 1. The van der Waals surface area contributed by atoms with Crippen molar-refractivity contribution in [3.63, 3.8) is 0 Å². The molecule has 1 aromatic carbocycles. The minimum absolute atomic E-state index is 0.0630. The number of aromatic nitrogens is 2. The van der Waals surface area contributed by atoms with Gasteiger partial charge in [-0.05, 0) is 30.2 Å². The average molecular weight is 436 g/mol. The van der Waals surface area contributed by atoms with E-state index in [2.05, 4.69) is 9.97 Å². The first-order valence-electron chi connectivity index (χ1n) is 10.6. The standard InChI is InChI=1S/C22H24N6O4/c1-2-3-11-27-20(29)18(16-5-7-17(8-6-16)28(31)32)19(21(27)30)25-12-14-26(15-13-25)22-23-9-4-10-24-22/h4-10H,2-3,11-15H2,1H3. The maximum Gasteiger partial charge on any atom is 0.277 e. The molecule has 2 aromatic rings. The minimum Gasteiger partial charge on any atom is -0.363 e. The molecule has 0 spiro atoms. The van der Waals surface area contributed by atoms with E-state index in [4.69, 9.17) is 0 Å². The predicted octanol–water partition coefficient (Wildman–Crippen LogP) is 2.09. The van der Waals surface area contributed by atoms with Gasteiger partial charge in [-0.25, -0.2) is 9.97 Å². The van der Waals surface area contributed by atoms with Gasteiger partial charge in [0.15, 0.2) is 0 Å². The van der Waals surface area contributed by atoms with Crippen LogP contribution in [-0.2, 0) is 9.59 Å². The van der Waals surface area contributed by atoms with E-state index in [1.54, 1.807) is 18.5 Å². The van der Waals surface area contributed by atoms with Crippen molar-refractivity contribution in [2.24, 2.45) is 0 Å².